The van der Waals surface area contributed by atoms with E-state index in [0.29, 0.717) is 0 Å². The number of rotatable bonds is 4. The predicted molar refractivity (Wildman–Crippen MR) is 101 cm³/mol. The highest BCUT2D eigenvalue weighted by molar-refractivity contribution is 5.68. The van der Waals surface area contributed by atoms with E-state index in [1.807, 2.05) is 18.3 Å². The number of hydrogen-bond donors (Lipinski definition) is 0. The van der Waals surface area contributed by atoms with Crippen molar-refractivity contribution in [3.63, 3.8) is 0 Å². The summed E-state index contributed by atoms with van der Waals surface area (Å²) in [6, 6.07) is 25.1. The maximum atomic E-state index is 4.87. The normalized spacial score (nSPS) is 10.8. The fourth-order valence-electron chi connectivity index (χ4n) is 2.91. The summed E-state index contributed by atoms with van der Waals surface area (Å²) in [5.41, 5.74) is 6.74. The Morgan fingerprint density at radius 1 is 0.840 bits per heavy atom. The monoisotopic (exact) mass is 325 g/mol. The lowest BCUT2D eigenvalue weighted by Gasteiger charge is -2.07. The third-order valence-corrected chi connectivity index (χ3v) is 4.26. The van der Waals surface area contributed by atoms with E-state index in [9.17, 15) is 0 Å². The third kappa shape index (κ3) is 3.36. The zero-order valence-corrected chi connectivity index (χ0v) is 14.1. The predicted octanol–water partition coefficient (Wildman–Crippen LogP) is 4.97. The van der Waals surface area contributed by atoms with Gasteiger partial charge in [-0.25, -0.2) is 0 Å². The van der Waals surface area contributed by atoms with Crippen LogP contribution in [0.5, 0.6) is 0 Å². The Morgan fingerprint density at radius 3 is 2.36 bits per heavy atom. The van der Waals surface area contributed by atoms with Gasteiger partial charge in [-0.15, -0.1) is 0 Å². The second-order valence-corrected chi connectivity index (χ2v) is 6.17. The van der Waals surface area contributed by atoms with Crippen LogP contribution < -0.4 is 0 Å². The van der Waals surface area contributed by atoms with Gasteiger partial charge in [-0.3, -0.25) is 9.67 Å². The molecular formula is C22H19N3. The minimum absolute atomic E-state index is 0.733. The molecule has 3 nitrogen and oxygen atoms in total. The Balaban J connectivity index is 1.79. The van der Waals surface area contributed by atoms with Crippen molar-refractivity contribution in [3.05, 3.63) is 96.3 Å². The van der Waals surface area contributed by atoms with Crippen molar-refractivity contribution in [3.8, 4) is 22.5 Å². The fourth-order valence-corrected chi connectivity index (χ4v) is 2.91. The summed E-state index contributed by atoms with van der Waals surface area (Å²) in [6.07, 6.45) is 3.68. The molecule has 0 aliphatic rings. The molecule has 0 unspecified atom stereocenters. The van der Waals surface area contributed by atoms with Crippen molar-refractivity contribution < 1.29 is 0 Å². The zero-order valence-electron chi connectivity index (χ0n) is 14.1. The van der Waals surface area contributed by atoms with E-state index in [1.165, 1.54) is 11.1 Å². The number of aryl methyl sites for hydroxylation is 1. The van der Waals surface area contributed by atoms with E-state index in [1.54, 1.807) is 6.20 Å². The zero-order chi connectivity index (χ0) is 17.1. The fraction of sp³-hybridized carbons (Fsp3) is 0.0909. The number of aromatic nitrogens is 3. The van der Waals surface area contributed by atoms with Crippen molar-refractivity contribution >= 4 is 0 Å². The molecule has 0 saturated heterocycles. The van der Waals surface area contributed by atoms with Crippen molar-refractivity contribution in [2.45, 2.75) is 13.5 Å². The molecule has 0 radical (unpaired) electrons. The molecule has 0 N–H and O–H groups in total. The van der Waals surface area contributed by atoms with E-state index < -0.39 is 0 Å². The average molecular weight is 325 g/mol. The Morgan fingerprint density at radius 2 is 1.64 bits per heavy atom. The van der Waals surface area contributed by atoms with Crippen LogP contribution in [0.25, 0.3) is 22.5 Å². The Hall–Kier alpha value is -3.20. The second kappa shape index (κ2) is 6.73. The molecule has 25 heavy (non-hydrogen) atoms. The average Bonchev–Trinajstić information content (AvgIpc) is 3.08. The van der Waals surface area contributed by atoms with Gasteiger partial charge in [0.1, 0.15) is 0 Å². The maximum Gasteiger partial charge on any atom is 0.0929 e. The maximum absolute atomic E-state index is 4.87. The van der Waals surface area contributed by atoms with Crippen LogP contribution in [0.3, 0.4) is 0 Å². The summed E-state index contributed by atoms with van der Waals surface area (Å²) in [5, 5.41) is 4.87. The molecule has 4 rings (SSSR count). The molecule has 4 aromatic rings. The molecule has 0 saturated carbocycles. The van der Waals surface area contributed by atoms with Crippen LogP contribution >= 0.6 is 0 Å². The first-order valence-corrected chi connectivity index (χ1v) is 8.39. The molecule has 3 heteroatoms. The van der Waals surface area contributed by atoms with Crippen LogP contribution in [0.4, 0.5) is 0 Å². The Labute approximate surface area is 147 Å². The van der Waals surface area contributed by atoms with E-state index in [-0.39, 0.29) is 0 Å². The van der Waals surface area contributed by atoms with Crippen molar-refractivity contribution in [1.29, 1.82) is 0 Å². The first kappa shape index (κ1) is 15.3. The summed E-state index contributed by atoms with van der Waals surface area (Å²) >= 11 is 0. The van der Waals surface area contributed by atoms with Gasteiger partial charge in [0, 0.05) is 23.5 Å². The number of pyridine rings is 1. The van der Waals surface area contributed by atoms with Crippen LogP contribution in [0.15, 0.2) is 85.2 Å². The summed E-state index contributed by atoms with van der Waals surface area (Å²) in [5.74, 6) is 0. The molecule has 0 aliphatic carbocycles. The third-order valence-electron chi connectivity index (χ3n) is 4.26. The van der Waals surface area contributed by atoms with Gasteiger partial charge < -0.3 is 0 Å². The molecule has 0 atom stereocenters. The van der Waals surface area contributed by atoms with Gasteiger partial charge in [0.05, 0.1) is 17.9 Å². The van der Waals surface area contributed by atoms with E-state index in [2.05, 4.69) is 77.3 Å². The first-order valence-electron chi connectivity index (χ1n) is 8.39. The van der Waals surface area contributed by atoms with Crippen molar-refractivity contribution in [2.24, 2.45) is 0 Å². The topological polar surface area (TPSA) is 30.7 Å². The second-order valence-electron chi connectivity index (χ2n) is 6.17. The van der Waals surface area contributed by atoms with Crippen LogP contribution in [-0.4, -0.2) is 14.8 Å². The SMILES string of the molecule is Cc1ccc(-c2cc(-c3cccnc3)n(Cc3ccccc3)n2)cc1. The molecule has 0 amide bonds. The summed E-state index contributed by atoms with van der Waals surface area (Å²) < 4.78 is 2.06. The van der Waals surface area contributed by atoms with Crippen LogP contribution in [0.1, 0.15) is 11.1 Å². The molecule has 2 heterocycles. The standard InChI is InChI=1S/C22H19N3/c1-17-9-11-19(12-10-17)21-14-22(20-8-5-13-23-15-20)25(24-21)16-18-6-3-2-4-7-18/h2-15H,16H2,1H3. The quantitative estimate of drug-likeness (QED) is 0.530. The molecule has 122 valence electrons. The number of nitrogens with zero attached hydrogens (tertiary/aromatic N) is 3. The van der Waals surface area contributed by atoms with Crippen LogP contribution in [0.2, 0.25) is 0 Å². The molecule has 0 bridgehead atoms. The molecule has 2 aromatic carbocycles. The van der Waals surface area contributed by atoms with Gasteiger partial charge in [-0.2, -0.15) is 5.10 Å². The molecule has 0 spiro atoms. The molecule has 0 fully saturated rings. The van der Waals surface area contributed by atoms with Crippen molar-refractivity contribution in [2.75, 3.05) is 0 Å². The first-order chi connectivity index (χ1) is 12.3. The molecule has 0 aliphatic heterocycles. The van der Waals surface area contributed by atoms with Gasteiger partial charge in [0.2, 0.25) is 0 Å². The van der Waals surface area contributed by atoms with Gasteiger partial charge in [-0.05, 0) is 30.7 Å². The summed E-state index contributed by atoms with van der Waals surface area (Å²) in [7, 11) is 0. The number of benzene rings is 2. The van der Waals surface area contributed by atoms with E-state index in [4.69, 9.17) is 5.10 Å². The summed E-state index contributed by atoms with van der Waals surface area (Å²) in [4.78, 5) is 4.26. The van der Waals surface area contributed by atoms with E-state index >= 15 is 0 Å². The highest BCUT2D eigenvalue weighted by Crippen LogP contribution is 2.26. The van der Waals surface area contributed by atoms with Gasteiger partial charge >= 0.3 is 0 Å². The van der Waals surface area contributed by atoms with Crippen LogP contribution in [-0.2, 0) is 6.54 Å². The lowest BCUT2D eigenvalue weighted by Crippen LogP contribution is -2.04. The Bertz CT molecular complexity index is 955. The largest absolute Gasteiger partial charge is 0.264 e. The molecule has 2 aromatic heterocycles. The minimum atomic E-state index is 0.733. The summed E-state index contributed by atoms with van der Waals surface area (Å²) in [6.45, 7) is 2.83. The highest BCUT2D eigenvalue weighted by Gasteiger charge is 2.12. The smallest absolute Gasteiger partial charge is 0.0929 e. The van der Waals surface area contributed by atoms with Gasteiger partial charge in [0.25, 0.3) is 0 Å². The van der Waals surface area contributed by atoms with Gasteiger partial charge in [-0.1, -0.05) is 60.2 Å². The minimum Gasteiger partial charge on any atom is -0.264 e. The van der Waals surface area contributed by atoms with Crippen LogP contribution in [0, 0.1) is 6.92 Å². The highest BCUT2D eigenvalue weighted by atomic mass is 15.3. The number of hydrogen-bond acceptors (Lipinski definition) is 2. The lowest BCUT2D eigenvalue weighted by molar-refractivity contribution is 0.697. The molecular weight excluding hydrogens is 306 g/mol. The van der Waals surface area contributed by atoms with Gasteiger partial charge in [0.15, 0.2) is 0 Å². The Kier molecular flexibility index (Phi) is 4.13. The lowest BCUT2D eigenvalue weighted by atomic mass is 10.1. The van der Waals surface area contributed by atoms with Crippen molar-refractivity contribution in [1.82, 2.24) is 14.8 Å². The van der Waals surface area contributed by atoms with E-state index in [0.717, 1.165) is 29.1 Å².